The first-order chi connectivity index (χ1) is 8.79. The molecule has 0 fully saturated rings. The van der Waals surface area contributed by atoms with E-state index < -0.39 is 6.04 Å². The van der Waals surface area contributed by atoms with Crippen molar-refractivity contribution in [2.45, 2.75) is 66.3 Å². The number of rotatable bonds is 9. The molecule has 0 heterocycles. The van der Waals surface area contributed by atoms with Crippen LogP contribution in [-0.4, -0.2) is 23.5 Å². The highest BCUT2D eigenvalue weighted by molar-refractivity contribution is 5.91. The summed E-state index contributed by atoms with van der Waals surface area (Å²) in [6.45, 7) is 9.09. The fourth-order valence-corrected chi connectivity index (χ4v) is 1.63. The van der Waals surface area contributed by atoms with E-state index in [0.29, 0.717) is 6.42 Å². The van der Waals surface area contributed by atoms with Gasteiger partial charge >= 0.3 is 0 Å². The van der Waals surface area contributed by atoms with Crippen molar-refractivity contribution in [3.8, 4) is 0 Å². The van der Waals surface area contributed by atoms with E-state index in [2.05, 4.69) is 5.32 Å². The number of nitrogens with one attached hydrogen (secondary N) is 1. The van der Waals surface area contributed by atoms with Crippen LogP contribution < -0.4 is 5.32 Å². The van der Waals surface area contributed by atoms with Crippen molar-refractivity contribution in [2.24, 2.45) is 11.8 Å². The van der Waals surface area contributed by atoms with Gasteiger partial charge in [-0.25, -0.2) is 0 Å². The van der Waals surface area contributed by atoms with E-state index in [9.17, 15) is 14.4 Å². The molecule has 4 heteroatoms. The molecular weight excluding hydrogens is 242 g/mol. The number of amides is 1. The van der Waals surface area contributed by atoms with Gasteiger partial charge in [0.25, 0.3) is 0 Å². The summed E-state index contributed by atoms with van der Waals surface area (Å²) in [6.07, 6.45) is 2.54. The second kappa shape index (κ2) is 8.83. The molecule has 0 rings (SSSR count). The van der Waals surface area contributed by atoms with Crippen LogP contribution in [0.4, 0.5) is 0 Å². The number of unbranched alkanes of at least 4 members (excludes halogenated alkanes) is 1. The third kappa shape index (κ3) is 7.09. The van der Waals surface area contributed by atoms with Gasteiger partial charge in [-0.2, -0.15) is 0 Å². The molecule has 0 aromatic heterocycles. The zero-order valence-corrected chi connectivity index (χ0v) is 12.8. The number of hydrogen-bond acceptors (Lipinski definition) is 3. The van der Waals surface area contributed by atoms with Crippen LogP contribution in [0, 0.1) is 11.8 Å². The molecule has 0 saturated carbocycles. The molecule has 0 aromatic carbocycles. The summed E-state index contributed by atoms with van der Waals surface area (Å²) in [7, 11) is 0. The minimum absolute atomic E-state index is 0.0533. The molecule has 0 aliphatic carbocycles. The quantitative estimate of drug-likeness (QED) is 0.699. The Morgan fingerprint density at radius 2 is 1.58 bits per heavy atom. The number of ketones is 2. The molecule has 0 radical (unpaired) electrons. The van der Waals surface area contributed by atoms with E-state index in [0.717, 1.165) is 12.8 Å². The summed E-state index contributed by atoms with van der Waals surface area (Å²) in [5, 5.41) is 2.69. The van der Waals surface area contributed by atoms with Gasteiger partial charge in [0.05, 0.1) is 6.04 Å². The van der Waals surface area contributed by atoms with Crippen LogP contribution in [0.15, 0.2) is 0 Å². The Hall–Kier alpha value is -1.19. The van der Waals surface area contributed by atoms with Gasteiger partial charge in [-0.15, -0.1) is 0 Å². The summed E-state index contributed by atoms with van der Waals surface area (Å²) in [6, 6.07) is -0.462. The minimum Gasteiger partial charge on any atom is -0.346 e. The van der Waals surface area contributed by atoms with Crippen molar-refractivity contribution in [3.63, 3.8) is 0 Å². The molecule has 0 aromatic rings. The van der Waals surface area contributed by atoms with Gasteiger partial charge in [-0.05, 0) is 13.3 Å². The number of carbonyl (C=O) groups excluding carboxylic acids is 3. The maximum absolute atomic E-state index is 11.9. The molecule has 1 amide bonds. The van der Waals surface area contributed by atoms with E-state index in [1.54, 1.807) is 13.8 Å². The minimum atomic E-state index is -0.462. The highest BCUT2D eigenvalue weighted by atomic mass is 16.2. The highest BCUT2D eigenvalue weighted by Crippen LogP contribution is 2.09. The predicted octanol–water partition coefficient (Wildman–Crippen LogP) is 2.50. The summed E-state index contributed by atoms with van der Waals surface area (Å²) in [4.78, 5) is 35.2. The first-order valence-electron chi connectivity index (χ1n) is 7.15. The molecule has 2 atom stereocenters. The first-order valence-corrected chi connectivity index (χ1v) is 7.15. The molecule has 19 heavy (non-hydrogen) atoms. The molecule has 1 N–H and O–H groups in total. The Labute approximate surface area is 116 Å². The van der Waals surface area contributed by atoms with E-state index in [-0.39, 0.29) is 35.7 Å². The van der Waals surface area contributed by atoms with Crippen LogP contribution in [-0.2, 0) is 14.4 Å². The summed E-state index contributed by atoms with van der Waals surface area (Å²) in [5.41, 5.74) is 0. The highest BCUT2D eigenvalue weighted by Gasteiger charge is 2.22. The van der Waals surface area contributed by atoms with E-state index in [4.69, 9.17) is 0 Å². The standard InChI is InChI=1S/C15H27NO3/c1-6-7-8-13(17)12(5)16-15(19)11(4)9-14(18)10(2)3/h10-12H,6-9H2,1-5H3,(H,16,19). The third-order valence-corrected chi connectivity index (χ3v) is 3.22. The second-order valence-electron chi connectivity index (χ2n) is 5.53. The van der Waals surface area contributed by atoms with Crippen LogP contribution >= 0.6 is 0 Å². The zero-order chi connectivity index (χ0) is 15.0. The largest absolute Gasteiger partial charge is 0.346 e. The van der Waals surface area contributed by atoms with Crippen LogP contribution in [0.5, 0.6) is 0 Å². The molecule has 4 nitrogen and oxygen atoms in total. The maximum Gasteiger partial charge on any atom is 0.223 e. The van der Waals surface area contributed by atoms with Crippen molar-refractivity contribution >= 4 is 17.5 Å². The van der Waals surface area contributed by atoms with Gasteiger partial charge in [-0.3, -0.25) is 14.4 Å². The summed E-state index contributed by atoms with van der Waals surface area (Å²) < 4.78 is 0. The molecule has 0 aliphatic heterocycles. The van der Waals surface area contributed by atoms with E-state index in [1.165, 1.54) is 0 Å². The van der Waals surface area contributed by atoms with Crippen molar-refractivity contribution in [3.05, 3.63) is 0 Å². The summed E-state index contributed by atoms with van der Waals surface area (Å²) in [5.74, 6) is -0.522. The number of Topliss-reactive ketones (excluding diaryl/α,β-unsaturated/α-hetero) is 2. The fraction of sp³-hybridized carbons (Fsp3) is 0.800. The van der Waals surface area contributed by atoms with Crippen molar-refractivity contribution in [1.29, 1.82) is 0 Å². The second-order valence-corrected chi connectivity index (χ2v) is 5.53. The molecule has 0 saturated heterocycles. The number of carbonyl (C=O) groups is 3. The molecule has 110 valence electrons. The zero-order valence-electron chi connectivity index (χ0n) is 12.8. The Bertz CT molecular complexity index is 323. The van der Waals surface area contributed by atoms with E-state index >= 15 is 0 Å². The van der Waals surface area contributed by atoms with Gasteiger partial charge in [0.1, 0.15) is 5.78 Å². The van der Waals surface area contributed by atoms with Gasteiger partial charge in [0.2, 0.25) is 5.91 Å². The lowest BCUT2D eigenvalue weighted by molar-refractivity contribution is -0.132. The lowest BCUT2D eigenvalue weighted by atomic mass is 9.97. The average Bonchev–Trinajstić information content (AvgIpc) is 2.35. The van der Waals surface area contributed by atoms with Crippen molar-refractivity contribution in [1.82, 2.24) is 5.32 Å². The monoisotopic (exact) mass is 269 g/mol. The fourth-order valence-electron chi connectivity index (χ4n) is 1.63. The lowest BCUT2D eigenvalue weighted by Gasteiger charge is -2.17. The summed E-state index contributed by atoms with van der Waals surface area (Å²) >= 11 is 0. The maximum atomic E-state index is 11.9. The Balaban J connectivity index is 4.21. The predicted molar refractivity (Wildman–Crippen MR) is 75.8 cm³/mol. The normalized spacial score (nSPS) is 14.0. The van der Waals surface area contributed by atoms with Crippen LogP contribution in [0.2, 0.25) is 0 Å². The molecule has 2 unspecified atom stereocenters. The first kappa shape index (κ1) is 17.8. The SMILES string of the molecule is CCCCC(=O)C(C)NC(=O)C(C)CC(=O)C(C)C. The van der Waals surface area contributed by atoms with Crippen molar-refractivity contribution < 1.29 is 14.4 Å². The van der Waals surface area contributed by atoms with Crippen molar-refractivity contribution in [2.75, 3.05) is 0 Å². The lowest BCUT2D eigenvalue weighted by Crippen LogP contribution is -2.41. The molecule has 0 bridgehead atoms. The van der Waals surface area contributed by atoms with Gasteiger partial charge in [0, 0.05) is 24.7 Å². The van der Waals surface area contributed by atoms with Gasteiger partial charge < -0.3 is 5.32 Å². The van der Waals surface area contributed by atoms with Crippen LogP contribution in [0.1, 0.15) is 60.3 Å². The Morgan fingerprint density at radius 3 is 2.05 bits per heavy atom. The third-order valence-electron chi connectivity index (χ3n) is 3.22. The molecule has 0 aliphatic rings. The van der Waals surface area contributed by atoms with Gasteiger partial charge in [-0.1, -0.05) is 34.1 Å². The number of hydrogen-bond donors (Lipinski definition) is 1. The Kier molecular flexibility index (Phi) is 8.28. The van der Waals surface area contributed by atoms with Crippen LogP contribution in [0.25, 0.3) is 0 Å². The molecule has 0 spiro atoms. The average molecular weight is 269 g/mol. The topological polar surface area (TPSA) is 63.2 Å². The molecular formula is C15H27NO3. The Morgan fingerprint density at radius 1 is 1.00 bits per heavy atom. The van der Waals surface area contributed by atoms with Gasteiger partial charge in [0.15, 0.2) is 5.78 Å². The smallest absolute Gasteiger partial charge is 0.223 e. The van der Waals surface area contributed by atoms with Crippen LogP contribution in [0.3, 0.4) is 0 Å². The van der Waals surface area contributed by atoms with E-state index in [1.807, 2.05) is 20.8 Å².